The predicted molar refractivity (Wildman–Crippen MR) is 90.2 cm³/mol. The zero-order valence-corrected chi connectivity index (χ0v) is 14.2. The lowest BCUT2D eigenvalue weighted by atomic mass is 10.1. The molecule has 0 spiro atoms. The Balaban J connectivity index is 2.01. The van der Waals surface area contributed by atoms with Gasteiger partial charge in [0, 0.05) is 14.0 Å². The first-order valence-electron chi connectivity index (χ1n) is 6.25. The second kappa shape index (κ2) is 5.95. The van der Waals surface area contributed by atoms with Crippen LogP contribution in [0.5, 0.6) is 5.75 Å². The number of methoxy groups -OCH3 is 1. The summed E-state index contributed by atoms with van der Waals surface area (Å²) in [6.07, 6.45) is 0. The number of hydrogen-bond donors (Lipinski definition) is 0. The highest BCUT2D eigenvalue weighted by molar-refractivity contribution is 9.10. The van der Waals surface area contributed by atoms with Crippen LogP contribution in [-0.4, -0.2) is 7.11 Å². The van der Waals surface area contributed by atoms with Crippen molar-refractivity contribution < 1.29 is 9.13 Å². The van der Waals surface area contributed by atoms with Crippen LogP contribution in [0.2, 0.25) is 0 Å². The van der Waals surface area contributed by atoms with Crippen LogP contribution in [0.4, 0.5) is 4.39 Å². The zero-order valence-electron chi connectivity index (χ0n) is 11.1. The fourth-order valence-corrected chi connectivity index (χ4v) is 4.34. The maximum atomic E-state index is 13.3. The summed E-state index contributed by atoms with van der Waals surface area (Å²) in [5, 5.41) is 0.720. The van der Waals surface area contributed by atoms with Gasteiger partial charge in [-0.05, 0) is 41.3 Å². The average Bonchev–Trinajstić information content (AvgIpc) is 2.89. The SMILES string of the molecule is COc1ccc(C(Cl)c2cc3ccc(F)cc3s2)c(Br)c1. The normalized spacial score (nSPS) is 12.6. The van der Waals surface area contributed by atoms with Crippen LogP contribution in [0.15, 0.2) is 46.9 Å². The molecule has 0 N–H and O–H groups in total. The molecular formula is C16H11BrClFOS. The van der Waals surface area contributed by atoms with Gasteiger partial charge in [-0.1, -0.05) is 28.1 Å². The van der Waals surface area contributed by atoms with E-state index in [1.165, 1.54) is 23.5 Å². The molecule has 1 unspecified atom stereocenters. The Morgan fingerprint density at radius 1 is 1.19 bits per heavy atom. The zero-order chi connectivity index (χ0) is 15.0. The quantitative estimate of drug-likeness (QED) is 0.492. The third-order valence-electron chi connectivity index (χ3n) is 3.23. The molecule has 5 heteroatoms. The number of ether oxygens (including phenoxy) is 1. The van der Waals surface area contributed by atoms with Crippen molar-refractivity contribution in [3.05, 3.63) is 63.2 Å². The van der Waals surface area contributed by atoms with Crippen LogP contribution in [0.3, 0.4) is 0 Å². The summed E-state index contributed by atoms with van der Waals surface area (Å²) in [5.41, 5.74) is 0.962. The molecule has 0 aliphatic heterocycles. The van der Waals surface area contributed by atoms with Crippen LogP contribution in [-0.2, 0) is 0 Å². The van der Waals surface area contributed by atoms with Crippen molar-refractivity contribution in [1.29, 1.82) is 0 Å². The Labute approximate surface area is 139 Å². The monoisotopic (exact) mass is 384 g/mol. The van der Waals surface area contributed by atoms with Crippen molar-refractivity contribution in [3.63, 3.8) is 0 Å². The van der Waals surface area contributed by atoms with E-state index in [0.29, 0.717) is 0 Å². The lowest BCUT2D eigenvalue weighted by Gasteiger charge is -2.11. The van der Waals surface area contributed by atoms with Gasteiger partial charge in [-0.3, -0.25) is 0 Å². The molecule has 3 rings (SSSR count). The average molecular weight is 386 g/mol. The summed E-state index contributed by atoms with van der Waals surface area (Å²) in [5.74, 6) is 0.542. The van der Waals surface area contributed by atoms with Crippen LogP contribution in [0.1, 0.15) is 15.8 Å². The molecule has 0 fully saturated rings. The summed E-state index contributed by atoms with van der Waals surface area (Å²) >= 11 is 11.6. The molecule has 0 saturated heterocycles. The lowest BCUT2D eigenvalue weighted by Crippen LogP contribution is -1.93. The van der Waals surface area contributed by atoms with E-state index in [4.69, 9.17) is 16.3 Å². The predicted octanol–water partition coefficient (Wildman–Crippen LogP) is 6.14. The van der Waals surface area contributed by atoms with Crippen LogP contribution >= 0.6 is 38.9 Å². The minimum atomic E-state index is -0.286. The number of thiophene rings is 1. The first-order valence-corrected chi connectivity index (χ1v) is 8.29. The molecule has 0 bridgehead atoms. The number of rotatable bonds is 3. The number of benzene rings is 2. The minimum Gasteiger partial charge on any atom is -0.497 e. The van der Waals surface area contributed by atoms with Gasteiger partial charge in [0.25, 0.3) is 0 Å². The van der Waals surface area contributed by atoms with Gasteiger partial charge in [0.15, 0.2) is 0 Å². The highest BCUT2D eigenvalue weighted by Gasteiger charge is 2.17. The van der Waals surface area contributed by atoms with Crippen molar-refractivity contribution in [2.24, 2.45) is 0 Å². The molecule has 108 valence electrons. The number of fused-ring (bicyclic) bond motifs is 1. The molecule has 1 atom stereocenters. The molecule has 1 aromatic heterocycles. The third kappa shape index (κ3) is 2.93. The van der Waals surface area contributed by atoms with Gasteiger partial charge in [-0.2, -0.15) is 0 Å². The molecular weight excluding hydrogens is 375 g/mol. The fraction of sp³-hybridized carbons (Fsp3) is 0.125. The maximum absolute atomic E-state index is 13.3. The third-order valence-corrected chi connectivity index (χ3v) is 5.68. The van der Waals surface area contributed by atoms with E-state index in [0.717, 1.165) is 30.7 Å². The summed E-state index contributed by atoms with van der Waals surface area (Å²) in [7, 11) is 1.63. The van der Waals surface area contributed by atoms with Gasteiger partial charge < -0.3 is 4.74 Å². The molecule has 21 heavy (non-hydrogen) atoms. The van der Waals surface area contributed by atoms with E-state index in [1.807, 2.05) is 24.3 Å². The highest BCUT2D eigenvalue weighted by atomic mass is 79.9. The van der Waals surface area contributed by atoms with Crippen molar-refractivity contribution in [2.45, 2.75) is 5.38 Å². The first-order chi connectivity index (χ1) is 10.1. The lowest BCUT2D eigenvalue weighted by molar-refractivity contribution is 0.414. The van der Waals surface area contributed by atoms with Gasteiger partial charge in [0.05, 0.1) is 12.5 Å². The van der Waals surface area contributed by atoms with Gasteiger partial charge in [-0.15, -0.1) is 22.9 Å². The van der Waals surface area contributed by atoms with E-state index in [1.54, 1.807) is 13.2 Å². The first kappa shape index (κ1) is 14.8. The number of alkyl halides is 1. The van der Waals surface area contributed by atoms with E-state index >= 15 is 0 Å². The Hall–Kier alpha value is -1.10. The van der Waals surface area contributed by atoms with Crippen molar-refractivity contribution >= 4 is 49.0 Å². The topological polar surface area (TPSA) is 9.23 Å². The summed E-state index contributed by atoms with van der Waals surface area (Å²) in [6.45, 7) is 0. The van der Waals surface area contributed by atoms with Crippen LogP contribution in [0, 0.1) is 5.82 Å². The molecule has 0 saturated carbocycles. The summed E-state index contributed by atoms with van der Waals surface area (Å²) in [6, 6.07) is 12.5. The minimum absolute atomic E-state index is 0.229. The summed E-state index contributed by atoms with van der Waals surface area (Å²) in [4.78, 5) is 0.989. The molecule has 0 radical (unpaired) electrons. The Morgan fingerprint density at radius 2 is 2.00 bits per heavy atom. The van der Waals surface area contributed by atoms with Crippen molar-refractivity contribution in [2.75, 3.05) is 7.11 Å². The highest BCUT2D eigenvalue weighted by Crippen LogP contribution is 2.40. The largest absolute Gasteiger partial charge is 0.497 e. The van der Waals surface area contributed by atoms with Gasteiger partial charge >= 0.3 is 0 Å². The van der Waals surface area contributed by atoms with E-state index in [-0.39, 0.29) is 11.2 Å². The molecule has 3 aromatic rings. The molecule has 1 heterocycles. The smallest absolute Gasteiger partial charge is 0.124 e. The van der Waals surface area contributed by atoms with Gasteiger partial charge in [0.1, 0.15) is 11.6 Å². The Kier molecular flexibility index (Phi) is 4.20. The number of halogens is 3. The van der Waals surface area contributed by atoms with Crippen LogP contribution in [0.25, 0.3) is 10.1 Å². The molecule has 0 amide bonds. The van der Waals surface area contributed by atoms with Crippen molar-refractivity contribution in [3.8, 4) is 5.75 Å². The standard InChI is InChI=1S/C16H11BrClFOS/c1-20-11-4-5-12(13(17)8-11)16(18)15-6-9-2-3-10(19)7-14(9)21-15/h2-8,16H,1H3. The molecule has 1 nitrogen and oxygen atoms in total. The van der Waals surface area contributed by atoms with Crippen molar-refractivity contribution in [1.82, 2.24) is 0 Å². The maximum Gasteiger partial charge on any atom is 0.124 e. The molecule has 2 aromatic carbocycles. The second-order valence-corrected chi connectivity index (χ2v) is 6.99. The van der Waals surface area contributed by atoms with E-state index in [2.05, 4.69) is 15.9 Å². The van der Waals surface area contributed by atoms with E-state index in [9.17, 15) is 4.39 Å². The number of hydrogen-bond acceptors (Lipinski definition) is 2. The Bertz CT molecular complexity index is 802. The van der Waals surface area contributed by atoms with Gasteiger partial charge in [0.2, 0.25) is 0 Å². The Morgan fingerprint density at radius 3 is 2.71 bits per heavy atom. The van der Waals surface area contributed by atoms with Gasteiger partial charge in [-0.25, -0.2) is 4.39 Å². The molecule has 0 aliphatic carbocycles. The molecule has 0 aliphatic rings. The second-order valence-electron chi connectivity index (χ2n) is 4.58. The fourth-order valence-electron chi connectivity index (χ4n) is 2.14. The van der Waals surface area contributed by atoms with Crippen LogP contribution < -0.4 is 4.74 Å². The van der Waals surface area contributed by atoms with E-state index < -0.39 is 0 Å². The summed E-state index contributed by atoms with van der Waals surface area (Å²) < 4.78 is 20.3.